The molecule has 5 nitrogen and oxygen atoms in total. The molecule has 4 aromatic rings. The Bertz CT molecular complexity index is 1220. The SMILES string of the molecule is CCn1nc(C(=O)Nc2sc3c(c2-c2nc4ccccc4s2)CCC(C)C3)cc1C. The van der Waals surface area contributed by atoms with E-state index in [0.717, 1.165) is 46.2 Å². The molecule has 3 heterocycles. The highest BCUT2D eigenvalue weighted by Gasteiger charge is 2.28. The normalized spacial score (nSPS) is 16.0. The maximum absolute atomic E-state index is 13.0. The van der Waals surface area contributed by atoms with Crippen LogP contribution in [0.5, 0.6) is 0 Å². The van der Waals surface area contributed by atoms with Crippen LogP contribution in [0.15, 0.2) is 30.3 Å². The molecule has 0 saturated heterocycles. The van der Waals surface area contributed by atoms with Gasteiger partial charge in [-0.3, -0.25) is 9.48 Å². The monoisotopic (exact) mass is 436 g/mol. The third-order valence-electron chi connectivity index (χ3n) is 5.76. The van der Waals surface area contributed by atoms with Crippen LogP contribution in [0.3, 0.4) is 0 Å². The molecule has 1 N–H and O–H groups in total. The lowest BCUT2D eigenvalue weighted by Gasteiger charge is -2.18. The molecule has 0 saturated carbocycles. The molecular weight excluding hydrogens is 412 g/mol. The Labute approximate surface area is 183 Å². The molecular formula is C23H24N4OS2. The number of nitrogens with one attached hydrogen (secondary N) is 1. The number of fused-ring (bicyclic) bond motifs is 2. The number of carbonyl (C=O) groups excluding carboxylic acids is 1. The number of benzene rings is 1. The summed E-state index contributed by atoms with van der Waals surface area (Å²) in [5.41, 5.74) is 4.94. The van der Waals surface area contributed by atoms with Crippen LogP contribution < -0.4 is 5.32 Å². The van der Waals surface area contributed by atoms with Crippen LogP contribution in [-0.2, 0) is 19.4 Å². The Morgan fingerprint density at radius 3 is 2.90 bits per heavy atom. The quantitative estimate of drug-likeness (QED) is 0.431. The zero-order valence-electron chi connectivity index (χ0n) is 17.4. The number of carbonyl (C=O) groups is 1. The third kappa shape index (κ3) is 3.36. The van der Waals surface area contributed by atoms with Crippen LogP contribution in [-0.4, -0.2) is 20.7 Å². The van der Waals surface area contributed by atoms with E-state index in [4.69, 9.17) is 4.98 Å². The number of hydrogen-bond acceptors (Lipinski definition) is 5. The molecule has 1 aliphatic rings. The fourth-order valence-electron chi connectivity index (χ4n) is 4.15. The average Bonchev–Trinajstić information content (AvgIpc) is 3.41. The molecule has 3 aromatic heterocycles. The first-order chi connectivity index (χ1) is 14.5. The largest absolute Gasteiger partial charge is 0.312 e. The van der Waals surface area contributed by atoms with E-state index in [-0.39, 0.29) is 5.91 Å². The maximum atomic E-state index is 13.0. The van der Waals surface area contributed by atoms with Gasteiger partial charge in [0.15, 0.2) is 5.69 Å². The maximum Gasteiger partial charge on any atom is 0.276 e. The van der Waals surface area contributed by atoms with E-state index in [1.807, 2.05) is 36.7 Å². The van der Waals surface area contributed by atoms with E-state index >= 15 is 0 Å². The smallest absolute Gasteiger partial charge is 0.276 e. The number of amides is 1. The number of nitrogens with zero attached hydrogens (tertiary/aromatic N) is 3. The molecule has 0 radical (unpaired) electrons. The van der Waals surface area contributed by atoms with Crippen molar-refractivity contribution >= 4 is 43.8 Å². The van der Waals surface area contributed by atoms with Gasteiger partial charge in [-0.25, -0.2) is 4.98 Å². The van der Waals surface area contributed by atoms with E-state index in [1.165, 1.54) is 21.6 Å². The minimum Gasteiger partial charge on any atom is -0.312 e. The van der Waals surface area contributed by atoms with E-state index in [1.54, 1.807) is 22.7 Å². The number of rotatable bonds is 4. The van der Waals surface area contributed by atoms with E-state index < -0.39 is 0 Å². The Morgan fingerprint density at radius 2 is 2.13 bits per heavy atom. The standard InChI is InChI=1S/C23H24N4OS2/c1-4-27-14(3)12-17(26-27)21(28)25-23-20(15-10-9-13(2)11-19(15)30-23)22-24-16-7-5-6-8-18(16)29-22/h5-8,12-13H,4,9-11H2,1-3H3,(H,25,28). The van der Waals surface area contributed by atoms with Gasteiger partial charge in [-0.15, -0.1) is 22.7 Å². The molecule has 0 fully saturated rings. The molecule has 1 atom stereocenters. The van der Waals surface area contributed by atoms with Crippen molar-refractivity contribution in [1.82, 2.24) is 14.8 Å². The lowest BCUT2D eigenvalue weighted by Crippen LogP contribution is -2.13. The van der Waals surface area contributed by atoms with Crippen molar-refractivity contribution in [3.05, 3.63) is 52.2 Å². The molecule has 0 spiro atoms. The lowest BCUT2D eigenvalue weighted by molar-refractivity contribution is 0.102. The molecule has 1 unspecified atom stereocenters. The molecule has 0 aliphatic heterocycles. The molecule has 1 aliphatic carbocycles. The summed E-state index contributed by atoms with van der Waals surface area (Å²) < 4.78 is 3.02. The van der Waals surface area contributed by atoms with Crippen LogP contribution >= 0.6 is 22.7 Å². The van der Waals surface area contributed by atoms with Gasteiger partial charge in [0.2, 0.25) is 0 Å². The van der Waals surface area contributed by atoms with Crippen LogP contribution in [0.25, 0.3) is 20.8 Å². The van der Waals surface area contributed by atoms with Crippen molar-refractivity contribution in [2.24, 2.45) is 5.92 Å². The zero-order chi connectivity index (χ0) is 20.8. The number of para-hydroxylation sites is 1. The number of thiophene rings is 1. The van der Waals surface area contributed by atoms with Crippen molar-refractivity contribution in [3.63, 3.8) is 0 Å². The summed E-state index contributed by atoms with van der Waals surface area (Å²) in [5.74, 6) is 0.519. The molecule has 1 aromatic carbocycles. The predicted octanol–water partition coefficient (Wildman–Crippen LogP) is 5.93. The minimum atomic E-state index is -0.153. The summed E-state index contributed by atoms with van der Waals surface area (Å²) in [6.07, 6.45) is 3.28. The zero-order valence-corrected chi connectivity index (χ0v) is 19.0. The average molecular weight is 437 g/mol. The Kier molecular flexibility index (Phi) is 4.95. The van der Waals surface area contributed by atoms with Gasteiger partial charge in [0.05, 0.1) is 10.2 Å². The Hall–Kier alpha value is -2.51. The van der Waals surface area contributed by atoms with Gasteiger partial charge in [0, 0.05) is 22.7 Å². The van der Waals surface area contributed by atoms with Crippen LogP contribution in [0.1, 0.15) is 46.9 Å². The highest BCUT2D eigenvalue weighted by atomic mass is 32.1. The summed E-state index contributed by atoms with van der Waals surface area (Å²) in [7, 11) is 0. The summed E-state index contributed by atoms with van der Waals surface area (Å²) in [5, 5.41) is 9.53. The number of aromatic nitrogens is 3. The first kappa shape index (κ1) is 19.5. The molecule has 30 heavy (non-hydrogen) atoms. The van der Waals surface area contributed by atoms with E-state index in [2.05, 4.69) is 29.5 Å². The van der Waals surface area contributed by atoms with Crippen molar-refractivity contribution in [2.45, 2.75) is 46.6 Å². The second-order valence-electron chi connectivity index (χ2n) is 7.98. The second kappa shape index (κ2) is 7.63. The third-order valence-corrected chi connectivity index (χ3v) is 7.98. The lowest BCUT2D eigenvalue weighted by atomic mass is 9.88. The molecule has 7 heteroatoms. The van der Waals surface area contributed by atoms with Crippen molar-refractivity contribution in [1.29, 1.82) is 0 Å². The fraction of sp³-hybridized carbons (Fsp3) is 0.348. The Balaban J connectivity index is 1.58. The van der Waals surface area contributed by atoms with Gasteiger partial charge < -0.3 is 5.32 Å². The number of anilines is 1. The van der Waals surface area contributed by atoms with Crippen LogP contribution in [0.2, 0.25) is 0 Å². The summed E-state index contributed by atoms with van der Waals surface area (Å²) in [4.78, 5) is 19.3. The van der Waals surface area contributed by atoms with Gasteiger partial charge >= 0.3 is 0 Å². The predicted molar refractivity (Wildman–Crippen MR) is 125 cm³/mol. The van der Waals surface area contributed by atoms with Gasteiger partial charge in [0.25, 0.3) is 5.91 Å². The van der Waals surface area contributed by atoms with Gasteiger partial charge in [-0.2, -0.15) is 5.10 Å². The van der Waals surface area contributed by atoms with Crippen LogP contribution in [0.4, 0.5) is 5.00 Å². The fourth-order valence-corrected chi connectivity index (χ4v) is 6.67. The van der Waals surface area contributed by atoms with Gasteiger partial charge in [-0.05, 0) is 62.8 Å². The number of hydrogen-bond donors (Lipinski definition) is 1. The number of thiazole rings is 1. The molecule has 1 amide bonds. The van der Waals surface area contributed by atoms with E-state index in [9.17, 15) is 4.79 Å². The topological polar surface area (TPSA) is 59.8 Å². The summed E-state index contributed by atoms with van der Waals surface area (Å²) >= 11 is 3.41. The summed E-state index contributed by atoms with van der Waals surface area (Å²) in [6, 6.07) is 10.1. The first-order valence-electron chi connectivity index (χ1n) is 10.4. The first-order valence-corrected chi connectivity index (χ1v) is 12.0. The summed E-state index contributed by atoms with van der Waals surface area (Å²) in [6.45, 7) is 7.06. The van der Waals surface area contributed by atoms with Gasteiger partial charge in [-0.1, -0.05) is 19.1 Å². The molecule has 154 valence electrons. The van der Waals surface area contributed by atoms with Crippen molar-refractivity contribution in [3.8, 4) is 10.6 Å². The Morgan fingerprint density at radius 1 is 1.30 bits per heavy atom. The second-order valence-corrected chi connectivity index (χ2v) is 10.1. The van der Waals surface area contributed by atoms with Crippen LogP contribution in [0, 0.1) is 12.8 Å². The highest BCUT2D eigenvalue weighted by molar-refractivity contribution is 7.23. The van der Waals surface area contributed by atoms with E-state index in [0.29, 0.717) is 11.6 Å². The molecule has 0 bridgehead atoms. The number of aryl methyl sites for hydroxylation is 2. The minimum absolute atomic E-state index is 0.153. The van der Waals surface area contributed by atoms with Crippen molar-refractivity contribution in [2.75, 3.05) is 5.32 Å². The highest BCUT2D eigenvalue weighted by Crippen LogP contribution is 2.47. The van der Waals surface area contributed by atoms with Gasteiger partial charge in [0.1, 0.15) is 10.0 Å². The van der Waals surface area contributed by atoms with Crippen molar-refractivity contribution < 1.29 is 4.79 Å². The molecule has 5 rings (SSSR count).